The van der Waals surface area contributed by atoms with Gasteiger partial charge in [-0.2, -0.15) is 5.10 Å². The largest absolute Gasteiger partial charge is 0.351 e. The standard InChI is InChI=1S/C23H25F2N5O.ClH/c1-3-13-6-5-7-14(4-2)21(13)30-22(16-12-27-9-8-19(16)29-30)15-10-18(25)20(11-17(15)24)28-23(26)31;/h5-7,10-11,27H,3-4,8-9,12H2,1-2H3,(H3,26,28,31);1H. The molecule has 1 aromatic heterocycles. The number of aryl methyl sites for hydroxylation is 2. The zero-order valence-corrected chi connectivity index (χ0v) is 18.8. The van der Waals surface area contributed by atoms with Crippen molar-refractivity contribution in [2.24, 2.45) is 5.73 Å². The van der Waals surface area contributed by atoms with Crippen LogP contribution >= 0.6 is 12.4 Å². The molecule has 2 amide bonds. The zero-order valence-electron chi connectivity index (χ0n) is 18.0. The Labute approximate surface area is 191 Å². The number of rotatable bonds is 5. The summed E-state index contributed by atoms with van der Waals surface area (Å²) in [6.07, 6.45) is 2.27. The van der Waals surface area contributed by atoms with Crippen LogP contribution in [0.4, 0.5) is 19.3 Å². The van der Waals surface area contributed by atoms with Gasteiger partial charge in [0.1, 0.15) is 11.6 Å². The van der Waals surface area contributed by atoms with Crippen LogP contribution < -0.4 is 16.4 Å². The van der Waals surface area contributed by atoms with Gasteiger partial charge in [-0.25, -0.2) is 18.3 Å². The van der Waals surface area contributed by atoms with E-state index in [1.165, 1.54) is 0 Å². The molecule has 9 heteroatoms. The van der Waals surface area contributed by atoms with Gasteiger partial charge in [-0.1, -0.05) is 32.0 Å². The molecular weight excluding hydrogens is 436 g/mol. The third kappa shape index (κ3) is 4.20. The summed E-state index contributed by atoms with van der Waals surface area (Å²) in [7, 11) is 0. The van der Waals surface area contributed by atoms with Gasteiger partial charge in [0.25, 0.3) is 0 Å². The van der Waals surface area contributed by atoms with Gasteiger partial charge in [-0.15, -0.1) is 12.4 Å². The van der Waals surface area contributed by atoms with E-state index >= 15 is 4.39 Å². The monoisotopic (exact) mass is 461 g/mol. The van der Waals surface area contributed by atoms with Gasteiger partial charge in [0.15, 0.2) is 0 Å². The van der Waals surface area contributed by atoms with Gasteiger partial charge in [-0.05, 0) is 30.0 Å². The molecule has 4 rings (SSSR count). The van der Waals surface area contributed by atoms with E-state index in [0.717, 1.165) is 59.6 Å². The van der Waals surface area contributed by atoms with Crippen LogP contribution in [-0.2, 0) is 25.8 Å². The Morgan fingerprint density at radius 2 is 1.88 bits per heavy atom. The molecule has 170 valence electrons. The number of amides is 2. The van der Waals surface area contributed by atoms with Crippen LogP contribution in [0.25, 0.3) is 16.9 Å². The van der Waals surface area contributed by atoms with Gasteiger partial charge in [-0.3, -0.25) is 0 Å². The lowest BCUT2D eigenvalue weighted by atomic mass is 9.99. The normalized spacial score (nSPS) is 12.8. The summed E-state index contributed by atoms with van der Waals surface area (Å²) >= 11 is 0. The van der Waals surface area contributed by atoms with Crippen molar-refractivity contribution in [2.45, 2.75) is 39.7 Å². The summed E-state index contributed by atoms with van der Waals surface area (Å²) in [6.45, 7) is 5.42. The maximum Gasteiger partial charge on any atom is 0.316 e. The van der Waals surface area contributed by atoms with Crippen LogP contribution in [0.3, 0.4) is 0 Å². The van der Waals surface area contributed by atoms with Crippen LogP contribution in [0.5, 0.6) is 0 Å². The first-order valence-electron chi connectivity index (χ1n) is 10.4. The number of nitrogens with zero attached hydrogens (tertiary/aromatic N) is 2. The first-order valence-corrected chi connectivity index (χ1v) is 10.4. The van der Waals surface area contributed by atoms with E-state index in [-0.39, 0.29) is 23.7 Å². The second-order valence-corrected chi connectivity index (χ2v) is 7.55. The highest BCUT2D eigenvalue weighted by Crippen LogP contribution is 2.36. The average molecular weight is 462 g/mol. The van der Waals surface area contributed by atoms with Crippen molar-refractivity contribution in [3.05, 3.63) is 64.4 Å². The summed E-state index contributed by atoms with van der Waals surface area (Å²) in [5.74, 6) is -1.42. The summed E-state index contributed by atoms with van der Waals surface area (Å²) in [4.78, 5) is 11.1. The molecule has 0 spiro atoms. The Balaban J connectivity index is 0.00000289. The summed E-state index contributed by atoms with van der Waals surface area (Å²) < 4.78 is 31.8. The van der Waals surface area contributed by atoms with Crippen molar-refractivity contribution in [3.8, 4) is 16.9 Å². The highest BCUT2D eigenvalue weighted by Gasteiger charge is 2.27. The molecule has 1 aliphatic heterocycles. The third-order valence-electron chi connectivity index (χ3n) is 5.65. The number of nitrogens with two attached hydrogens (primary N) is 1. The Hall–Kier alpha value is -2.97. The fraction of sp³-hybridized carbons (Fsp3) is 0.304. The number of anilines is 1. The molecule has 2 aromatic carbocycles. The fourth-order valence-electron chi connectivity index (χ4n) is 4.18. The maximum absolute atomic E-state index is 15.3. The number of halogens is 3. The molecule has 32 heavy (non-hydrogen) atoms. The lowest BCUT2D eigenvalue weighted by Crippen LogP contribution is -2.23. The second-order valence-electron chi connectivity index (χ2n) is 7.55. The molecule has 0 radical (unpaired) electrons. The minimum absolute atomic E-state index is 0. The number of hydrogen-bond donors (Lipinski definition) is 3. The van der Waals surface area contributed by atoms with E-state index < -0.39 is 17.7 Å². The average Bonchev–Trinajstić information content (AvgIpc) is 3.13. The SMILES string of the molecule is CCc1cccc(CC)c1-n1nc2c(c1-c1cc(F)c(NC(N)=O)cc1F)CNCC2.Cl. The number of hydrogen-bond acceptors (Lipinski definition) is 3. The lowest BCUT2D eigenvalue weighted by Gasteiger charge is -2.18. The molecule has 0 saturated carbocycles. The molecule has 0 unspecified atom stereocenters. The first kappa shape index (κ1) is 23.7. The van der Waals surface area contributed by atoms with Gasteiger partial charge < -0.3 is 16.4 Å². The van der Waals surface area contributed by atoms with Crippen molar-refractivity contribution in [1.82, 2.24) is 15.1 Å². The molecule has 1 aliphatic rings. The lowest BCUT2D eigenvalue weighted by molar-refractivity contribution is 0.259. The quantitative estimate of drug-likeness (QED) is 0.523. The Bertz CT molecular complexity index is 1140. The van der Waals surface area contributed by atoms with E-state index in [0.29, 0.717) is 18.7 Å². The molecule has 0 aliphatic carbocycles. The molecule has 2 heterocycles. The Morgan fingerprint density at radius 1 is 1.19 bits per heavy atom. The van der Waals surface area contributed by atoms with Gasteiger partial charge in [0, 0.05) is 36.7 Å². The number of para-hydroxylation sites is 1. The zero-order chi connectivity index (χ0) is 22.1. The van der Waals surface area contributed by atoms with Crippen LogP contribution in [0.15, 0.2) is 30.3 Å². The van der Waals surface area contributed by atoms with Crippen molar-refractivity contribution in [3.63, 3.8) is 0 Å². The number of carbonyl (C=O) groups is 1. The highest BCUT2D eigenvalue weighted by atomic mass is 35.5. The van der Waals surface area contributed by atoms with Crippen LogP contribution in [0.2, 0.25) is 0 Å². The van der Waals surface area contributed by atoms with Crippen LogP contribution in [0.1, 0.15) is 36.2 Å². The van der Waals surface area contributed by atoms with Crippen LogP contribution in [0, 0.1) is 11.6 Å². The minimum Gasteiger partial charge on any atom is -0.351 e. The molecule has 0 fully saturated rings. The van der Waals surface area contributed by atoms with Crippen molar-refractivity contribution >= 4 is 24.1 Å². The van der Waals surface area contributed by atoms with Gasteiger partial charge in [0.05, 0.1) is 22.8 Å². The summed E-state index contributed by atoms with van der Waals surface area (Å²) in [5, 5.41) is 10.3. The number of benzene rings is 2. The van der Waals surface area contributed by atoms with E-state index in [1.54, 1.807) is 4.68 Å². The molecule has 4 N–H and O–H groups in total. The summed E-state index contributed by atoms with van der Waals surface area (Å²) in [6, 6.07) is 7.19. The number of carbonyl (C=O) groups excluding carboxylic acids is 1. The maximum atomic E-state index is 15.3. The van der Waals surface area contributed by atoms with E-state index in [9.17, 15) is 9.18 Å². The molecule has 3 aromatic rings. The van der Waals surface area contributed by atoms with Crippen molar-refractivity contribution < 1.29 is 13.6 Å². The number of primary amides is 1. The molecule has 0 saturated heterocycles. The van der Waals surface area contributed by atoms with Crippen LogP contribution in [-0.4, -0.2) is 22.4 Å². The molecular formula is C23H26ClF2N5O. The molecule has 0 bridgehead atoms. The minimum atomic E-state index is -0.956. The second kappa shape index (κ2) is 9.67. The fourth-order valence-corrected chi connectivity index (χ4v) is 4.18. The van der Waals surface area contributed by atoms with Crippen molar-refractivity contribution in [2.75, 3.05) is 11.9 Å². The predicted molar refractivity (Wildman–Crippen MR) is 124 cm³/mol. The number of urea groups is 1. The van der Waals surface area contributed by atoms with Gasteiger partial charge >= 0.3 is 6.03 Å². The van der Waals surface area contributed by atoms with Crippen molar-refractivity contribution in [1.29, 1.82) is 0 Å². The predicted octanol–water partition coefficient (Wildman–Crippen LogP) is 4.50. The Kier molecular flexibility index (Phi) is 7.16. The third-order valence-corrected chi connectivity index (χ3v) is 5.65. The molecule has 6 nitrogen and oxygen atoms in total. The van der Waals surface area contributed by atoms with E-state index in [1.807, 2.05) is 18.2 Å². The van der Waals surface area contributed by atoms with Gasteiger partial charge in [0.2, 0.25) is 0 Å². The van der Waals surface area contributed by atoms with E-state index in [4.69, 9.17) is 10.8 Å². The number of fused-ring (bicyclic) bond motifs is 1. The molecule has 0 atom stereocenters. The Morgan fingerprint density at radius 3 is 2.50 bits per heavy atom. The number of aromatic nitrogens is 2. The number of nitrogens with one attached hydrogen (secondary N) is 2. The topological polar surface area (TPSA) is 85.0 Å². The highest BCUT2D eigenvalue weighted by molar-refractivity contribution is 5.88. The van der Waals surface area contributed by atoms with E-state index in [2.05, 4.69) is 24.5 Å². The summed E-state index contributed by atoms with van der Waals surface area (Å²) in [5.41, 5.74) is 10.2. The first-order chi connectivity index (χ1) is 14.9. The smallest absolute Gasteiger partial charge is 0.316 e.